The molecule has 8 heteroatoms. The quantitative estimate of drug-likeness (QED) is 0.454. The molecule has 2 aromatic rings. The van der Waals surface area contributed by atoms with E-state index in [2.05, 4.69) is 4.99 Å². The molecular formula is C18H15ClN2O5. The van der Waals surface area contributed by atoms with Gasteiger partial charge in [0.15, 0.2) is 0 Å². The van der Waals surface area contributed by atoms with Crippen LogP contribution in [0.25, 0.3) is 0 Å². The number of hydrogen-bond acceptors (Lipinski definition) is 6. The van der Waals surface area contributed by atoms with Gasteiger partial charge in [0.1, 0.15) is 11.6 Å². The zero-order valence-electron chi connectivity index (χ0n) is 13.8. The fraction of sp³-hybridized carbons (Fsp3) is 0.222. The summed E-state index contributed by atoms with van der Waals surface area (Å²) < 4.78 is 10.8. The van der Waals surface area contributed by atoms with E-state index in [0.29, 0.717) is 17.0 Å². The molecule has 1 aliphatic heterocycles. The Kier molecular flexibility index (Phi) is 4.90. The molecule has 0 spiro atoms. The number of carbonyl (C=O) groups excluding carboxylic acids is 1. The molecule has 7 nitrogen and oxygen atoms in total. The van der Waals surface area contributed by atoms with Crippen LogP contribution in [0.2, 0.25) is 5.02 Å². The SMILES string of the molecule is CCOC(=O)C1(c2ccc([N+](=O)[O-])c(Cl)c2)COC(c2ccccc2)=N1. The molecule has 0 amide bonds. The van der Waals surface area contributed by atoms with Gasteiger partial charge in [0.2, 0.25) is 11.4 Å². The van der Waals surface area contributed by atoms with Crippen LogP contribution in [0, 0.1) is 10.1 Å². The van der Waals surface area contributed by atoms with E-state index in [1.807, 2.05) is 30.3 Å². The Morgan fingerprint density at radius 3 is 2.69 bits per heavy atom. The summed E-state index contributed by atoms with van der Waals surface area (Å²) in [6.07, 6.45) is 0. The van der Waals surface area contributed by atoms with E-state index in [4.69, 9.17) is 21.1 Å². The van der Waals surface area contributed by atoms with Crippen molar-refractivity contribution in [3.05, 3.63) is 74.8 Å². The topological polar surface area (TPSA) is 91.0 Å². The van der Waals surface area contributed by atoms with Crippen LogP contribution in [0.15, 0.2) is 53.5 Å². The van der Waals surface area contributed by atoms with Gasteiger partial charge in [-0.3, -0.25) is 10.1 Å². The fourth-order valence-electron chi connectivity index (χ4n) is 2.67. The summed E-state index contributed by atoms with van der Waals surface area (Å²) in [7, 11) is 0. The summed E-state index contributed by atoms with van der Waals surface area (Å²) >= 11 is 6.02. The van der Waals surface area contributed by atoms with E-state index in [-0.39, 0.29) is 23.9 Å². The first kappa shape index (κ1) is 17.9. The minimum Gasteiger partial charge on any atom is -0.474 e. The van der Waals surface area contributed by atoms with Crippen LogP contribution in [0.1, 0.15) is 18.1 Å². The van der Waals surface area contributed by atoms with Gasteiger partial charge < -0.3 is 9.47 Å². The van der Waals surface area contributed by atoms with Gasteiger partial charge in [-0.05, 0) is 36.8 Å². The van der Waals surface area contributed by atoms with E-state index >= 15 is 0 Å². The molecule has 3 rings (SSSR count). The highest BCUT2D eigenvalue weighted by atomic mass is 35.5. The van der Waals surface area contributed by atoms with Crippen LogP contribution < -0.4 is 0 Å². The molecule has 0 aliphatic carbocycles. The second kappa shape index (κ2) is 7.13. The number of esters is 1. The maximum Gasteiger partial charge on any atom is 0.342 e. The normalized spacial score (nSPS) is 18.8. The van der Waals surface area contributed by atoms with Gasteiger partial charge in [-0.1, -0.05) is 29.8 Å². The third-order valence-corrected chi connectivity index (χ3v) is 4.27. The Bertz CT molecular complexity index is 884. The molecule has 0 aromatic heterocycles. The highest BCUT2D eigenvalue weighted by molar-refractivity contribution is 6.32. The Hall–Kier alpha value is -2.93. The summed E-state index contributed by atoms with van der Waals surface area (Å²) in [4.78, 5) is 27.6. The van der Waals surface area contributed by atoms with Gasteiger partial charge in [0.05, 0.1) is 11.5 Å². The zero-order valence-corrected chi connectivity index (χ0v) is 14.6. The third kappa shape index (κ3) is 3.13. The van der Waals surface area contributed by atoms with Gasteiger partial charge >= 0.3 is 5.97 Å². The van der Waals surface area contributed by atoms with Crippen molar-refractivity contribution in [2.45, 2.75) is 12.5 Å². The molecule has 1 atom stereocenters. The lowest BCUT2D eigenvalue weighted by molar-refractivity contribution is -0.384. The van der Waals surface area contributed by atoms with E-state index in [0.717, 1.165) is 0 Å². The molecule has 26 heavy (non-hydrogen) atoms. The van der Waals surface area contributed by atoms with Crippen molar-refractivity contribution in [2.75, 3.05) is 13.2 Å². The van der Waals surface area contributed by atoms with Crippen molar-refractivity contribution >= 4 is 29.2 Å². The summed E-state index contributed by atoms with van der Waals surface area (Å²) in [5.74, 6) is -0.302. The summed E-state index contributed by atoms with van der Waals surface area (Å²) in [5.41, 5.74) is -0.621. The number of nitro groups is 1. The van der Waals surface area contributed by atoms with Crippen molar-refractivity contribution in [1.82, 2.24) is 0 Å². The number of aliphatic imine (C=N–C) groups is 1. The van der Waals surface area contributed by atoms with E-state index in [1.54, 1.807) is 6.92 Å². The second-order valence-corrected chi connectivity index (χ2v) is 5.98. The van der Waals surface area contributed by atoms with E-state index < -0.39 is 16.4 Å². The largest absolute Gasteiger partial charge is 0.474 e. The summed E-state index contributed by atoms with van der Waals surface area (Å²) in [6, 6.07) is 13.2. The standard InChI is InChI=1S/C18H15ClN2O5/c1-2-25-17(22)18(13-8-9-15(21(23)24)14(19)10-13)11-26-16(20-18)12-6-4-3-5-7-12/h3-10H,2,11H2,1H3. The lowest BCUT2D eigenvalue weighted by atomic mass is 9.91. The number of rotatable bonds is 5. The monoisotopic (exact) mass is 374 g/mol. The van der Waals surface area contributed by atoms with Gasteiger partial charge in [-0.2, -0.15) is 0 Å². The molecule has 0 bridgehead atoms. The van der Waals surface area contributed by atoms with Crippen LogP contribution in [0.4, 0.5) is 5.69 Å². The number of hydrogen-bond donors (Lipinski definition) is 0. The van der Waals surface area contributed by atoms with Crippen LogP contribution in [0.5, 0.6) is 0 Å². The Labute approximate surface area is 154 Å². The number of ether oxygens (including phenoxy) is 2. The van der Waals surface area contributed by atoms with E-state index in [1.165, 1.54) is 18.2 Å². The number of nitrogens with zero attached hydrogens (tertiary/aromatic N) is 2. The number of benzene rings is 2. The molecule has 0 radical (unpaired) electrons. The fourth-order valence-corrected chi connectivity index (χ4v) is 2.92. The van der Waals surface area contributed by atoms with Crippen LogP contribution in [-0.4, -0.2) is 30.0 Å². The minimum absolute atomic E-state index is 0.0792. The Morgan fingerprint density at radius 2 is 2.08 bits per heavy atom. The lowest BCUT2D eigenvalue weighted by Gasteiger charge is -2.22. The number of nitro benzene ring substituents is 1. The van der Waals surface area contributed by atoms with Gasteiger partial charge in [-0.25, -0.2) is 9.79 Å². The van der Waals surface area contributed by atoms with Gasteiger partial charge in [-0.15, -0.1) is 0 Å². The average Bonchev–Trinajstić information content (AvgIpc) is 3.09. The minimum atomic E-state index is -1.46. The molecule has 0 N–H and O–H groups in total. The number of carbonyl (C=O) groups is 1. The molecule has 1 heterocycles. The van der Waals surface area contributed by atoms with Crippen LogP contribution in [0.3, 0.4) is 0 Å². The predicted molar refractivity (Wildman–Crippen MR) is 95.3 cm³/mol. The molecule has 1 aliphatic rings. The molecule has 0 fully saturated rings. The average molecular weight is 375 g/mol. The first-order valence-electron chi connectivity index (χ1n) is 7.87. The molecule has 0 saturated heterocycles. The highest BCUT2D eigenvalue weighted by Gasteiger charge is 2.48. The van der Waals surface area contributed by atoms with Crippen molar-refractivity contribution in [2.24, 2.45) is 4.99 Å². The highest BCUT2D eigenvalue weighted by Crippen LogP contribution is 2.37. The molecule has 0 saturated carbocycles. The Balaban J connectivity index is 2.10. The van der Waals surface area contributed by atoms with Crippen molar-refractivity contribution in [3.63, 3.8) is 0 Å². The summed E-state index contributed by atoms with van der Waals surface area (Å²) in [6.45, 7) is 1.77. The third-order valence-electron chi connectivity index (χ3n) is 3.97. The molecule has 2 aromatic carbocycles. The molecule has 1 unspecified atom stereocenters. The van der Waals surface area contributed by atoms with Crippen molar-refractivity contribution < 1.29 is 19.2 Å². The molecular weight excluding hydrogens is 360 g/mol. The maximum atomic E-state index is 12.7. The summed E-state index contributed by atoms with van der Waals surface area (Å²) in [5, 5.41) is 10.9. The zero-order chi connectivity index (χ0) is 18.7. The van der Waals surface area contributed by atoms with Crippen LogP contribution >= 0.6 is 11.6 Å². The van der Waals surface area contributed by atoms with Gasteiger partial charge in [0.25, 0.3) is 5.69 Å². The van der Waals surface area contributed by atoms with Crippen molar-refractivity contribution in [3.8, 4) is 0 Å². The van der Waals surface area contributed by atoms with Crippen LogP contribution in [-0.2, 0) is 19.8 Å². The Morgan fingerprint density at radius 1 is 1.35 bits per heavy atom. The van der Waals surface area contributed by atoms with E-state index in [9.17, 15) is 14.9 Å². The van der Waals surface area contributed by atoms with Gasteiger partial charge in [0, 0.05) is 11.6 Å². The second-order valence-electron chi connectivity index (χ2n) is 5.58. The first-order valence-corrected chi connectivity index (χ1v) is 8.25. The lowest BCUT2D eigenvalue weighted by Crippen LogP contribution is -2.37. The number of halogens is 1. The first-order chi connectivity index (χ1) is 12.5. The predicted octanol–water partition coefficient (Wildman–Crippen LogP) is 3.48. The smallest absolute Gasteiger partial charge is 0.342 e. The van der Waals surface area contributed by atoms with Crippen molar-refractivity contribution in [1.29, 1.82) is 0 Å². The maximum absolute atomic E-state index is 12.7. The molecule has 134 valence electrons.